The maximum absolute atomic E-state index is 5.90. The van der Waals surface area contributed by atoms with E-state index in [4.69, 9.17) is 4.74 Å². The Kier molecular flexibility index (Phi) is 4.99. The second kappa shape index (κ2) is 7.16. The van der Waals surface area contributed by atoms with Crippen molar-refractivity contribution in [1.29, 1.82) is 0 Å². The van der Waals surface area contributed by atoms with Gasteiger partial charge in [-0.05, 0) is 60.6 Å². The molecule has 2 heterocycles. The Bertz CT molecular complexity index is 687. The van der Waals surface area contributed by atoms with Gasteiger partial charge in [0.1, 0.15) is 11.5 Å². The van der Waals surface area contributed by atoms with Gasteiger partial charge in [0.2, 0.25) is 0 Å². The van der Waals surface area contributed by atoms with Gasteiger partial charge in [0, 0.05) is 12.7 Å². The first-order valence-electron chi connectivity index (χ1n) is 7.96. The van der Waals surface area contributed by atoms with E-state index in [9.17, 15) is 0 Å². The minimum Gasteiger partial charge on any atom is -0.456 e. The summed E-state index contributed by atoms with van der Waals surface area (Å²) in [5.74, 6) is 3.08. The van der Waals surface area contributed by atoms with Crippen LogP contribution in [0.5, 0.6) is 11.5 Å². The molecule has 0 unspecified atom stereocenters. The maximum atomic E-state index is 5.90. The molecule has 1 fully saturated rings. The molecule has 3 nitrogen and oxygen atoms in total. The van der Waals surface area contributed by atoms with E-state index < -0.39 is 0 Å². The van der Waals surface area contributed by atoms with E-state index >= 15 is 0 Å². The van der Waals surface area contributed by atoms with Crippen LogP contribution in [0.1, 0.15) is 18.4 Å². The fourth-order valence-corrected chi connectivity index (χ4v) is 3.50. The van der Waals surface area contributed by atoms with E-state index in [1.54, 1.807) is 6.20 Å². The molecule has 1 N–H and O–H groups in total. The Morgan fingerprint density at radius 3 is 2.74 bits per heavy atom. The van der Waals surface area contributed by atoms with Crippen LogP contribution in [0.2, 0.25) is 0 Å². The zero-order valence-electron chi connectivity index (χ0n) is 12.9. The average molecular weight is 329 g/mol. The van der Waals surface area contributed by atoms with E-state index in [1.807, 2.05) is 36.5 Å². The molecular weight excluding hydrogens is 308 g/mol. The number of allylic oxidation sites excluding steroid dienone is 1. The summed E-state index contributed by atoms with van der Waals surface area (Å²) in [6.45, 7) is 2.25. The molecule has 2 atom stereocenters. The van der Waals surface area contributed by atoms with Crippen LogP contribution in [0.3, 0.4) is 0 Å². The lowest BCUT2D eigenvalue weighted by atomic mass is 9.78. The number of fused-ring (bicyclic) bond motifs is 2. The topological polar surface area (TPSA) is 34.1 Å². The summed E-state index contributed by atoms with van der Waals surface area (Å²) in [4.78, 5) is 4.37. The summed E-state index contributed by atoms with van der Waals surface area (Å²) in [6.07, 6.45) is 8.62. The summed E-state index contributed by atoms with van der Waals surface area (Å²) < 4.78 is 5.90. The minimum atomic E-state index is 0. The second-order valence-electron chi connectivity index (χ2n) is 6.24. The Morgan fingerprint density at radius 1 is 1.04 bits per heavy atom. The third kappa shape index (κ3) is 3.74. The molecule has 4 rings (SSSR count). The molecule has 1 aliphatic carbocycles. The van der Waals surface area contributed by atoms with Crippen molar-refractivity contribution in [2.45, 2.75) is 12.8 Å². The lowest BCUT2D eigenvalue weighted by Gasteiger charge is -2.34. The van der Waals surface area contributed by atoms with Gasteiger partial charge in [0.15, 0.2) is 0 Å². The van der Waals surface area contributed by atoms with Gasteiger partial charge in [-0.1, -0.05) is 24.3 Å². The van der Waals surface area contributed by atoms with Gasteiger partial charge in [-0.2, -0.15) is 0 Å². The normalized spacial score (nSPS) is 22.7. The van der Waals surface area contributed by atoms with Crippen LogP contribution < -0.4 is 10.1 Å². The molecule has 0 saturated carbocycles. The molecule has 4 heteroatoms. The molecular formula is C19H21ClN2O. The van der Waals surface area contributed by atoms with Crippen molar-refractivity contribution < 1.29 is 4.74 Å². The van der Waals surface area contributed by atoms with Crippen molar-refractivity contribution in [3.63, 3.8) is 0 Å². The first-order chi connectivity index (χ1) is 10.9. The zero-order chi connectivity index (χ0) is 14.8. The molecule has 2 aromatic rings. The highest BCUT2D eigenvalue weighted by Gasteiger charge is 2.26. The third-order valence-electron chi connectivity index (χ3n) is 4.48. The van der Waals surface area contributed by atoms with Gasteiger partial charge in [0.05, 0.1) is 6.20 Å². The van der Waals surface area contributed by atoms with E-state index in [0.717, 1.165) is 36.9 Å². The van der Waals surface area contributed by atoms with Crippen molar-refractivity contribution in [2.75, 3.05) is 13.1 Å². The highest BCUT2D eigenvalue weighted by molar-refractivity contribution is 5.85. The van der Waals surface area contributed by atoms with Crippen LogP contribution in [-0.4, -0.2) is 18.1 Å². The standard InChI is InChI=1S/C19H20N2O.ClH/c1-2-4-18(5-3-1)22-19-9-17(12-21-13-19)16-7-14-6-15(8-16)11-20-10-14;/h1-5,7,9,12-15,20H,6,8,10-11H2;1H/t14-,15+;/m1./s1. The number of aromatic nitrogens is 1. The number of rotatable bonds is 3. The molecule has 2 bridgehead atoms. The van der Waals surface area contributed by atoms with Crippen molar-refractivity contribution in [1.82, 2.24) is 10.3 Å². The van der Waals surface area contributed by atoms with E-state index in [-0.39, 0.29) is 12.4 Å². The van der Waals surface area contributed by atoms with Crippen molar-refractivity contribution in [3.8, 4) is 11.5 Å². The van der Waals surface area contributed by atoms with Crippen LogP contribution in [0.25, 0.3) is 5.57 Å². The van der Waals surface area contributed by atoms with E-state index in [2.05, 4.69) is 22.4 Å². The van der Waals surface area contributed by atoms with Crippen LogP contribution in [0.15, 0.2) is 54.9 Å². The summed E-state index contributed by atoms with van der Waals surface area (Å²) >= 11 is 0. The van der Waals surface area contributed by atoms with Gasteiger partial charge in [-0.3, -0.25) is 4.98 Å². The highest BCUT2D eigenvalue weighted by Crippen LogP contribution is 2.36. The monoisotopic (exact) mass is 328 g/mol. The Labute approximate surface area is 143 Å². The Morgan fingerprint density at radius 2 is 1.91 bits per heavy atom. The number of nitrogens with one attached hydrogen (secondary N) is 1. The number of hydrogen-bond acceptors (Lipinski definition) is 3. The van der Waals surface area contributed by atoms with Gasteiger partial charge in [-0.15, -0.1) is 12.4 Å². The van der Waals surface area contributed by atoms with Crippen molar-refractivity contribution in [2.24, 2.45) is 11.8 Å². The number of para-hydroxylation sites is 1. The Hall–Kier alpha value is -1.84. The first-order valence-corrected chi connectivity index (χ1v) is 7.96. The number of halogens is 1. The number of benzene rings is 1. The molecule has 1 saturated heterocycles. The van der Waals surface area contributed by atoms with Crippen LogP contribution in [0, 0.1) is 11.8 Å². The smallest absolute Gasteiger partial charge is 0.146 e. The number of hydrogen-bond donors (Lipinski definition) is 1. The number of piperidine rings is 1. The van der Waals surface area contributed by atoms with Gasteiger partial charge >= 0.3 is 0 Å². The average Bonchev–Trinajstić information content (AvgIpc) is 2.56. The second-order valence-corrected chi connectivity index (χ2v) is 6.24. The summed E-state index contributed by atoms with van der Waals surface area (Å²) in [5, 5.41) is 3.52. The number of nitrogens with zero attached hydrogens (tertiary/aromatic N) is 1. The third-order valence-corrected chi connectivity index (χ3v) is 4.48. The molecule has 0 radical (unpaired) electrons. The van der Waals surface area contributed by atoms with Crippen LogP contribution in [0.4, 0.5) is 0 Å². The fourth-order valence-electron chi connectivity index (χ4n) is 3.50. The molecule has 0 amide bonds. The van der Waals surface area contributed by atoms with Crippen LogP contribution >= 0.6 is 12.4 Å². The largest absolute Gasteiger partial charge is 0.456 e. The van der Waals surface area contributed by atoms with Gasteiger partial charge in [-0.25, -0.2) is 0 Å². The molecule has 2 aliphatic rings. The zero-order valence-corrected chi connectivity index (χ0v) is 13.8. The summed E-state index contributed by atoms with van der Waals surface area (Å²) in [7, 11) is 0. The number of pyridine rings is 1. The lowest BCUT2D eigenvalue weighted by Crippen LogP contribution is -2.37. The highest BCUT2D eigenvalue weighted by atomic mass is 35.5. The lowest BCUT2D eigenvalue weighted by molar-refractivity contribution is 0.316. The predicted octanol–water partition coefficient (Wildman–Crippen LogP) is 4.31. The molecule has 0 spiro atoms. The SMILES string of the molecule is C1=C(c2cncc(Oc3ccccc3)c2)C[C@H]2CNC[C@@H]1C2.Cl. The summed E-state index contributed by atoms with van der Waals surface area (Å²) in [6, 6.07) is 12.0. The minimum absolute atomic E-state index is 0. The van der Waals surface area contributed by atoms with Gasteiger partial charge < -0.3 is 10.1 Å². The molecule has 120 valence electrons. The first kappa shape index (κ1) is 16.0. The fraction of sp³-hybridized carbons (Fsp3) is 0.316. The predicted molar refractivity (Wildman–Crippen MR) is 95.1 cm³/mol. The molecule has 1 aromatic heterocycles. The van der Waals surface area contributed by atoms with E-state index in [1.165, 1.54) is 17.6 Å². The molecule has 1 aromatic carbocycles. The quantitative estimate of drug-likeness (QED) is 0.911. The van der Waals surface area contributed by atoms with Gasteiger partial charge in [0.25, 0.3) is 0 Å². The Balaban J connectivity index is 0.00000156. The summed E-state index contributed by atoms with van der Waals surface area (Å²) in [5.41, 5.74) is 2.62. The van der Waals surface area contributed by atoms with E-state index in [0.29, 0.717) is 5.92 Å². The maximum Gasteiger partial charge on any atom is 0.146 e. The number of ether oxygens (including phenoxy) is 1. The van der Waals surface area contributed by atoms with Crippen molar-refractivity contribution >= 4 is 18.0 Å². The van der Waals surface area contributed by atoms with Crippen LogP contribution in [-0.2, 0) is 0 Å². The molecule has 1 aliphatic heterocycles. The van der Waals surface area contributed by atoms with Crippen molar-refractivity contribution in [3.05, 3.63) is 60.4 Å². The molecule has 23 heavy (non-hydrogen) atoms.